The summed E-state index contributed by atoms with van der Waals surface area (Å²) in [4.78, 5) is 24.6. The van der Waals surface area contributed by atoms with E-state index in [0.29, 0.717) is 18.3 Å². The summed E-state index contributed by atoms with van der Waals surface area (Å²) in [6.07, 6.45) is 6.29. The molecule has 0 aromatic carbocycles. The molecule has 2 N–H and O–H groups in total. The molecule has 4 saturated carbocycles. The van der Waals surface area contributed by atoms with E-state index in [2.05, 4.69) is 13.5 Å². The van der Waals surface area contributed by atoms with Gasteiger partial charge in [-0.1, -0.05) is 25.5 Å². The average Bonchev–Trinajstić information content (AvgIpc) is 2.87. The first-order valence-electron chi connectivity index (χ1n) is 9.31. The molecule has 132 valence electrons. The zero-order valence-corrected chi connectivity index (χ0v) is 14.7. The molecule has 0 heterocycles. The van der Waals surface area contributed by atoms with Crippen LogP contribution in [0.3, 0.4) is 0 Å². The van der Waals surface area contributed by atoms with Gasteiger partial charge < -0.3 is 10.2 Å². The van der Waals surface area contributed by atoms with Gasteiger partial charge in [0.15, 0.2) is 0 Å². The molecule has 2 bridgehead atoms. The van der Waals surface area contributed by atoms with Gasteiger partial charge in [-0.25, -0.2) is 0 Å². The molecule has 7 atom stereocenters. The van der Waals surface area contributed by atoms with Crippen molar-refractivity contribution in [3.63, 3.8) is 0 Å². The van der Waals surface area contributed by atoms with Crippen LogP contribution in [0, 0.1) is 39.9 Å². The van der Waals surface area contributed by atoms with E-state index >= 15 is 0 Å². The Bertz CT molecular complexity index is 640. The van der Waals surface area contributed by atoms with Crippen molar-refractivity contribution in [2.45, 2.75) is 58.8 Å². The fourth-order valence-corrected chi connectivity index (χ4v) is 7.88. The van der Waals surface area contributed by atoms with E-state index in [1.807, 2.05) is 6.92 Å². The van der Waals surface area contributed by atoms with Crippen LogP contribution in [-0.4, -0.2) is 22.2 Å². The van der Waals surface area contributed by atoms with E-state index in [9.17, 15) is 19.8 Å². The van der Waals surface area contributed by atoms with Gasteiger partial charge in [0, 0.05) is 0 Å². The summed E-state index contributed by atoms with van der Waals surface area (Å²) in [5.41, 5.74) is -0.152. The molecule has 4 rings (SSSR count). The van der Waals surface area contributed by atoms with Gasteiger partial charge in [0.2, 0.25) is 0 Å². The van der Waals surface area contributed by atoms with Crippen LogP contribution in [0.4, 0.5) is 0 Å². The Hall–Kier alpha value is -1.32. The summed E-state index contributed by atoms with van der Waals surface area (Å²) < 4.78 is 0. The molecule has 0 aliphatic heterocycles. The summed E-state index contributed by atoms with van der Waals surface area (Å²) in [5.74, 6) is -1.64. The van der Waals surface area contributed by atoms with Gasteiger partial charge in [0.05, 0.1) is 11.3 Å². The van der Waals surface area contributed by atoms with Gasteiger partial charge in [0.1, 0.15) is 0 Å². The van der Waals surface area contributed by atoms with E-state index in [4.69, 9.17) is 0 Å². The minimum absolute atomic E-state index is 0.177. The molecule has 4 aliphatic carbocycles. The number of carboxylic acids is 2. The van der Waals surface area contributed by atoms with Crippen molar-refractivity contribution in [1.29, 1.82) is 0 Å². The normalized spacial score (nSPS) is 52.7. The first kappa shape index (κ1) is 16.2. The zero-order chi connectivity index (χ0) is 17.5. The lowest BCUT2D eigenvalue weighted by Crippen LogP contribution is -2.50. The second-order valence-corrected chi connectivity index (χ2v) is 9.47. The fourth-order valence-electron chi connectivity index (χ4n) is 7.88. The lowest BCUT2D eigenvalue weighted by Gasteiger charge is -2.50. The van der Waals surface area contributed by atoms with Crippen LogP contribution in [0.2, 0.25) is 0 Å². The maximum atomic E-state index is 12.4. The predicted octanol–water partition coefficient (Wildman–Crippen LogP) is 3.96. The minimum atomic E-state index is -0.929. The highest BCUT2D eigenvalue weighted by atomic mass is 16.4. The highest BCUT2D eigenvalue weighted by molar-refractivity contribution is 5.79. The maximum absolute atomic E-state index is 12.4. The number of allylic oxidation sites excluding steroid dienone is 1. The molecule has 1 spiro atoms. The number of aliphatic carboxylic acids is 2. The van der Waals surface area contributed by atoms with Crippen molar-refractivity contribution in [3.8, 4) is 0 Å². The fraction of sp³-hybridized carbons (Fsp3) is 0.800. The largest absolute Gasteiger partial charge is 0.481 e. The standard InChI is InChI=1S/C20H28O4/c1-11-9-20-10-12(11)5-6-13(20)18(2)7-4-8-19(3,17(23)24)15(18)14(20)16(21)22/h12-15H,1,4-10H2,2-3H3,(H,21,22)(H,23,24)/t12?,13-,14+,15-,18-,19+,20-/m0/s1. The second kappa shape index (κ2) is 4.64. The van der Waals surface area contributed by atoms with Crippen LogP contribution >= 0.6 is 0 Å². The molecule has 0 amide bonds. The summed E-state index contributed by atoms with van der Waals surface area (Å²) in [6.45, 7) is 8.26. The Morgan fingerprint density at radius 1 is 1.17 bits per heavy atom. The van der Waals surface area contributed by atoms with Crippen LogP contribution in [0.5, 0.6) is 0 Å². The first-order chi connectivity index (χ1) is 11.2. The van der Waals surface area contributed by atoms with Crippen LogP contribution in [0.25, 0.3) is 0 Å². The summed E-state index contributed by atoms with van der Waals surface area (Å²) in [6, 6.07) is 0. The monoisotopic (exact) mass is 332 g/mol. The maximum Gasteiger partial charge on any atom is 0.309 e. The van der Waals surface area contributed by atoms with Crippen molar-refractivity contribution >= 4 is 11.9 Å². The van der Waals surface area contributed by atoms with Crippen molar-refractivity contribution in [2.75, 3.05) is 0 Å². The Morgan fingerprint density at radius 3 is 2.50 bits per heavy atom. The van der Waals surface area contributed by atoms with Gasteiger partial charge in [-0.05, 0) is 74.0 Å². The van der Waals surface area contributed by atoms with Crippen LogP contribution in [0.1, 0.15) is 58.8 Å². The highest BCUT2D eigenvalue weighted by Crippen LogP contribution is 2.77. The Kier molecular flexibility index (Phi) is 3.13. The predicted molar refractivity (Wildman–Crippen MR) is 89.3 cm³/mol. The first-order valence-corrected chi connectivity index (χ1v) is 9.31. The molecular weight excluding hydrogens is 304 g/mol. The molecule has 4 nitrogen and oxygen atoms in total. The number of carbonyl (C=O) groups is 2. The lowest BCUT2D eigenvalue weighted by atomic mass is 9.53. The van der Waals surface area contributed by atoms with Gasteiger partial charge in [0.25, 0.3) is 0 Å². The summed E-state index contributed by atoms with van der Waals surface area (Å²) >= 11 is 0. The van der Waals surface area contributed by atoms with Gasteiger partial charge in [-0.3, -0.25) is 9.59 Å². The SMILES string of the molecule is C=C1C[C@]23CC1CC[C@H]2[C@]1(C)CCC[C@@](C)(C(=O)O)[C@H]1[C@@H]3C(=O)O. The molecule has 0 aromatic heterocycles. The van der Waals surface area contributed by atoms with Crippen molar-refractivity contribution in [3.05, 3.63) is 12.2 Å². The van der Waals surface area contributed by atoms with E-state index < -0.39 is 23.3 Å². The summed E-state index contributed by atoms with van der Waals surface area (Å²) in [5, 5.41) is 20.2. The van der Waals surface area contributed by atoms with Crippen molar-refractivity contribution in [2.24, 2.45) is 39.9 Å². The Labute approximate surface area is 143 Å². The quantitative estimate of drug-likeness (QED) is 0.751. The minimum Gasteiger partial charge on any atom is -0.481 e. The highest BCUT2D eigenvalue weighted by Gasteiger charge is 2.75. The second-order valence-electron chi connectivity index (χ2n) is 9.47. The number of hydrogen-bond donors (Lipinski definition) is 2. The van der Waals surface area contributed by atoms with Crippen LogP contribution in [0.15, 0.2) is 12.2 Å². The Balaban J connectivity index is 1.93. The van der Waals surface area contributed by atoms with Crippen LogP contribution in [-0.2, 0) is 9.59 Å². The Morgan fingerprint density at radius 2 is 1.88 bits per heavy atom. The van der Waals surface area contributed by atoms with Gasteiger partial charge in [-0.15, -0.1) is 0 Å². The van der Waals surface area contributed by atoms with Crippen LogP contribution < -0.4 is 0 Å². The van der Waals surface area contributed by atoms with Gasteiger partial charge >= 0.3 is 11.9 Å². The third-order valence-electron chi connectivity index (χ3n) is 8.57. The van der Waals surface area contributed by atoms with E-state index in [1.54, 1.807) is 0 Å². The summed E-state index contributed by atoms with van der Waals surface area (Å²) in [7, 11) is 0. The number of fused-ring (bicyclic) bond motifs is 3. The number of carboxylic acid groups (broad SMARTS) is 2. The number of rotatable bonds is 2. The molecule has 0 saturated heterocycles. The molecular formula is C20H28O4. The van der Waals surface area contributed by atoms with Crippen molar-refractivity contribution in [1.82, 2.24) is 0 Å². The van der Waals surface area contributed by atoms with E-state index in [-0.39, 0.29) is 16.7 Å². The molecule has 4 fully saturated rings. The molecule has 24 heavy (non-hydrogen) atoms. The zero-order valence-electron chi connectivity index (χ0n) is 14.7. The van der Waals surface area contributed by atoms with E-state index in [1.165, 1.54) is 5.57 Å². The molecule has 4 aliphatic rings. The third-order valence-corrected chi connectivity index (χ3v) is 8.57. The third kappa shape index (κ3) is 1.65. The van der Waals surface area contributed by atoms with Gasteiger partial charge in [-0.2, -0.15) is 0 Å². The number of hydrogen-bond acceptors (Lipinski definition) is 2. The average molecular weight is 332 g/mol. The van der Waals surface area contributed by atoms with E-state index in [0.717, 1.165) is 38.5 Å². The molecule has 0 aromatic rings. The molecule has 0 radical (unpaired) electrons. The smallest absolute Gasteiger partial charge is 0.309 e. The topological polar surface area (TPSA) is 74.6 Å². The molecule has 4 heteroatoms. The lowest BCUT2D eigenvalue weighted by molar-refractivity contribution is -0.166. The molecule has 1 unspecified atom stereocenters. The van der Waals surface area contributed by atoms with Crippen molar-refractivity contribution < 1.29 is 19.8 Å².